The molecule has 0 bridgehead atoms. The fourth-order valence-electron chi connectivity index (χ4n) is 1.60. The molecule has 0 aliphatic carbocycles. The Balaban J connectivity index is 2.96. The number of hydrogen-bond acceptors (Lipinski definition) is 4. The minimum atomic E-state index is -0.209. The molecule has 0 atom stereocenters. The largest absolute Gasteiger partial charge is 0.493 e. The molecule has 1 amide bonds. The van der Waals surface area contributed by atoms with Crippen molar-refractivity contribution in [3.63, 3.8) is 0 Å². The summed E-state index contributed by atoms with van der Waals surface area (Å²) in [5.74, 6) is 1.75. The third-order valence-corrected chi connectivity index (χ3v) is 2.70. The average molecular weight is 300 g/mol. The molecule has 0 radical (unpaired) electrons. The van der Waals surface area contributed by atoms with Gasteiger partial charge in [0.05, 0.1) is 21.3 Å². The number of halogens is 1. The van der Waals surface area contributed by atoms with Crippen LogP contribution in [0.4, 0.5) is 0 Å². The van der Waals surface area contributed by atoms with Gasteiger partial charge in [-0.3, -0.25) is 4.79 Å². The second-order valence-electron chi connectivity index (χ2n) is 3.77. The van der Waals surface area contributed by atoms with Crippen LogP contribution < -0.4 is 19.5 Å². The van der Waals surface area contributed by atoms with Crippen LogP contribution in [-0.2, 0) is 4.79 Å². The Morgan fingerprint density at radius 3 is 2.25 bits per heavy atom. The van der Waals surface area contributed by atoms with Gasteiger partial charge in [-0.2, -0.15) is 0 Å². The molecule has 0 saturated carbocycles. The van der Waals surface area contributed by atoms with Crippen LogP contribution in [-0.4, -0.2) is 39.7 Å². The lowest BCUT2D eigenvalue weighted by Crippen LogP contribution is -2.22. The molecule has 0 aliphatic heterocycles. The van der Waals surface area contributed by atoms with E-state index in [9.17, 15) is 4.79 Å². The number of ether oxygens (including phenoxy) is 3. The summed E-state index contributed by atoms with van der Waals surface area (Å²) in [4.78, 5) is 11.5. The number of nitrogens with one attached hydrogen (secondary N) is 1. The molecule has 0 saturated heterocycles. The summed E-state index contributed by atoms with van der Waals surface area (Å²) in [6, 6.07) is 3.51. The van der Waals surface area contributed by atoms with Crippen molar-refractivity contribution >= 4 is 23.6 Å². The van der Waals surface area contributed by atoms with Crippen molar-refractivity contribution in [2.24, 2.45) is 0 Å². The first kappa shape index (κ1) is 16.2. The topological polar surface area (TPSA) is 56.8 Å². The van der Waals surface area contributed by atoms with Gasteiger partial charge in [-0.25, -0.2) is 0 Å². The number of methoxy groups -OCH3 is 3. The molecule has 0 aromatic heterocycles. The smallest absolute Gasteiger partial charge is 0.244 e. The number of amides is 1. The van der Waals surface area contributed by atoms with Gasteiger partial charge in [-0.1, -0.05) is 0 Å². The highest BCUT2D eigenvalue weighted by Gasteiger charge is 2.12. The Kier molecular flexibility index (Phi) is 6.73. The number of alkyl halides is 1. The van der Waals surface area contributed by atoms with E-state index >= 15 is 0 Å². The SMILES string of the molecule is COc1cc(/C=C/C(=O)NCCCl)cc(OC)c1OC. The van der Waals surface area contributed by atoms with E-state index in [-0.39, 0.29) is 5.91 Å². The molecule has 20 heavy (non-hydrogen) atoms. The lowest BCUT2D eigenvalue weighted by atomic mass is 10.1. The van der Waals surface area contributed by atoms with Gasteiger partial charge < -0.3 is 19.5 Å². The Labute approximate surface area is 123 Å². The molecule has 0 fully saturated rings. The standard InChI is InChI=1S/C14H18ClNO4/c1-18-11-8-10(4-5-13(17)16-7-6-15)9-12(19-2)14(11)20-3/h4-5,8-9H,6-7H2,1-3H3,(H,16,17)/b5-4+. The third kappa shape index (κ3) is 4.35. The van der Waals surface area contributed by atoms with Crippen LogP contribution in [0.1, 0.15) is 5.56 Å². The zero-order valence-corrected chi connectivity index (χ0v) is 12.5. The number of carbonyl (C=O) groups excluding carboxylic acids is 1. The predicted molar refractivity (Wildman–Crippen MR) is 78.9 cm³/mol. The second kappa shape index (κ2) is 8.32. The van der Waals surface area contributed by atoms with E-state index in [1.54, 1.807) is 18.2 Å². The number of carbonyl (C=O) groups is 1. The summed E-state index contributed by atoms with van der Waals surface area (Å²) in [6.45, 7) is 0.431. The molecule has 0 heterocycles. The molecule has 6 heteroatoms. The Morgan fingerprint density at radius 2 is 1.80 bits per heavy atom. The van der Waals surface area contributed by atoms with Crippen LogP contribution in [0.25, 0.3) is 6.08 Å². The molecule has 1 aromatic rings. The van der Waals surface area contributed by atoms with Gasteiger partial charge >= 0.3 is 0 Å². The quantitative estimate of drug-likeness (QED) is 0.619. The van der Waals surface area contributed by atoms with Gasteiger partial charge in [0.15, 0.2) is 11.5 Å². The molecule has 1 N–H and O–H groups in total. The van der Waals surface area contributed by atoms with E-state index < -0.39 is 0 Å². The molecule has 0 spiro atoms. The zero-order chi connectivity index (χ0) is 15.0. The van der Waals surface area contributed by atoms with Crippen molar-refractivity contribution in [1.82, 2.24) is 5.32 Å². The molecule has 110 valence electrons. The Bertz CT molecular complexity index is 463. The maximum atomic E-state index is 11.5. The fraction of sp³-hybridized carbons (Fsp3) is 0.357. The van der Waals surface area contributed by atoms with Crippen molar-refractivity contribution in [2.45, 2.75) is 0 Å². The van der Waals surface area contributed by atoms with Crippen molar-refractivity contribution in [2.75, 3.05) is 33.8 Å². The van der Waals surface area contributed by atoms with Crippen molar-refractivity contribution < 1.29 is 19.0 Å². The van der Waals surface area contributed by atoms with E-state index in [1.807, 2.05) is 0 Å². The number of hydrogen-bond donors (Lipinski definition) is 1. The second-order valence-corrected chi connectivity index (χ2v) is 4.15. The van der Waals surface area contributed by atoms with Gasteiger partial charge in [0.25, 0.3) is 0 Å². The monoisotopic (exact) mass is 299 g/mol. The average Bonchev–Trinajstić information content (AvgIpc) is 2.49. The molecule has 0 aliphatic rings. The van der Waals surface area contributed by atoms with Crippen LogP contribution in [0.3, 0.4) is 0 Å². The van der Waals surface area contributed by atoms with Gasteiger partial charge in [-0.05, 0) is 23.8 Å². The normalized spacial score (nSPS) is 10.4. The van der Waals surface area contributed by atoms with Crippen LogP contribution >= 0.6 is 11.6 Å². The van der Waals surface area contributed by atoms with Crippen LogP contribution in [0, 0.1) is 0 Å². The van der Waals surface area contributed by atoms with E-state index in [0.717, 1.165) is 5.56 Å². The van der Waals surface area contributed by atoms with Crippen molar-refractivity contribution in [3.8, 4) is 17.2 Å². The lowest BCUT2D eigenvalue weighted by Gasteiger charge is -2.12. The van der Waals surface area contributed by atoms with Crippen molar-refractivity contribution in [3.05, 3.63) is 23.8 Å². The highest BCUT2D eigenvalue weighted by atomic mass is 35.5. The van der Waals surface area contributed by atoms with Crippen LogP contribution in [0.15, 0.2) is 18.2 Å². The first-order chi connectivity index (χ1) is 9.65. The van der Waals surface area contributed by atoms with Crippen LogP contribution in [0.5, 0.6) is 17.2 Å². The summed E-state index contributed by atoms with van der Waals surface area (Å²) in [5, 5.41) is 2.64. The van der Waals surface area contributed by atoms with E-state index in [1.165, 1.54) is 27.4 Å². The Hall–Kier alpha value is -1.88. The number of rotatable bonds is 7. The van der Waals surface area contributed by atoms with E-state index in [0.29, 0.717) is 29.7 Å². The van der Waals surface area contributed by atoms with Crippen LogP contribution in [0.2, 0.25) is 0 Å². The first-order valence-electron chi connectivity index (χ1n) is 5.98. The zero-order valence-electron chi connectivity index (χ0n) is 11.7. The first-order valence-corrected chi connectivity index (χ1v) is 6.51. The van der Waals surface area contributed by atoms with Gasteiger partial charge in [0, 0.05) is 18.5 Å². The summed E-state index contributed by atoms with van der Waals surface area (Å²) in [5.41, 5.74) is 0.764. The highest BCUT2D eigenvalue weighted by Crippen LogP contribution is 2.38. The molecular formula is C14H18ClNO4. The molecule has 1 aromatic carbocycles. The lowest BCUT2D eigenvalue weighted by molar-refractivity contribution is -0.116. The summed E-state index contributed by atoms with van der Waals surface area (Å²) in [7, 11) is 4.62. The summed E-state index contributed by atoms with van der Waals surface area (Å²) >= 11 is 5.49. The molecule has 0 unspecified atom stereocenters. The Morgan fingerprint density at radius 1 is 1.20 bits per heavy atom. The fourth-order valence-corrected chi connectivity index (χ4v) is 1.69. The van der Waals surface area contributed by atoms with E-state index in [4.69, 9.17) is 25.8 Å². The minimum Gasteiger partial charge on any atom is -0.493 e. The number of benzene rings is 1. The van der Waals surface area contributed by atoms with Gasteiger partial charge in [0.2, 0.25) is 11.7 Å². The summed E-state index contributed by atoms with van der Waals surface area (Å²) < 4.78 is 15.7. The molecule has 1 rings (SSSR count). The predicted octanol–water partition coefficient (Wildman–Crippen LogP) is 2.08. The van der Waals surface area contributed by atoms with Gasteiger partial charge in [0.1, 0.15) is 0 Å². The van der Waals surface area contributed by atoms with E-state index in [2.05, 4.69) is 5.32 Å². The minimum absolute atomic E-state index is 0.209. The van der Waals surface area contributed by atoms with Crippen molar-refractivity contribution in [1.29, 1.82) is 0 Å². The highest BCUT2D eigenvalue weighted by molar-refractivity contribution is 6.18. The third-order valence-electron chi connectivity index (χ3n) is 2.51. The maximum absolute atomic E-state index is 11.5. The molecule has 5 nitrogen and oxygen atoms in total. The maximum Gasteiger partial charge on any atom is 0.244 e. The van der Waals surface area contributed by atoms with Gasteiger partial charge in [-0.15, -0.1) is 11.6 Å². The summed E-state index contributed by atoms with van der Waals surface area (Å²) in [6.07, 6.45) is 3.08. The molecular weight excluding hydrogens is 282 g/mol.